The lowest BCUT2D eigenvalue weighted by Gasteiger charge is -2.30. The van der Waals surface area contributed by atoms with Gasteiger partial charge in [0.2, 0.25) is 0 Å². The number of rotatable bonds is 4. The number of benzene rings is 3. The van der Waals surface area contributed by atoms with E-state index in [1.807, 2.05) is 19.1 Å². The molecule has 0 radical (unpaired) electrons. The van der Waals surface area contributed by atoms with Crippen LogP contribution in [0.2, 0.25) is 0 Å². The molecule has 122 valence electrons. The largest absolute Gasteiger partial charge is 0.335 e. The van der Waals surface area contributed by atoms with Gasteiger partial charge in [0.25, 0.3) is 0 Å². The van der Waals surface area contributed by atoms with E-state index in [0.717, 1.165) is 0 Å². The minimum Gasteiger partial charge on any atom is -0.335 e. The van der Waals surface area contributed by atoms with Crippen molar-refractivity contribution in [3.05, 3.63) is 98.1 Å². The molecule has 3 rings (SSSR count). The number of hydrogen-bond acceptors (Lipinski definition) is 1. The lowest BCUT2D eigenvalue weighted by atomic mass is 10.1. The average molecular weight is 315 g/mol. The fourth-order valence-electron chi connectivity index (χ4n) is 2.64. The third-order valence-corrected chi connectivity index (χ3v) is 3.79. The van der Waals surface area contributed by atoms with Crippen LogP contribution in [0.4, 0.5) is 11.4 Å². The maximum atomic E-state index is 3.95. The van der Waals surface area contributed by atoms with Crippen LogP contribution in [-0.2, 0) is 0 Å². The second-order valence-electron chi connectivity index (χ2n) is 5.62. The molecule has 0 amide bonds. The van der Waals surface area contributed by atoms with E-state index in [1.54, 1.807) is 6.08 Å². The molecular formula is C23H25N. The molecule has 3 aromatic rings. The van der Waals surface area contributed by atoms with Crippen LogP contribution in [0.1, 0.15) is 13.8 Å². The topological polar surface area (TPSA) is 3.24 Å². The molecule has 24 heavy (non-hydrogen) atoms. The van der Waals surface area contributed by atoms with Crippen LogP contribution in [0.3, 0.4) is 0 Å². The number of hydrogen-bond donors (Lipinski definition) is 0. The Balaban J connectivity index is 0.000000647. The zero-order chi connectivity index (χ0) is 17.4. The first kappa shape index (κ1) is 17.6. The second kappa shape index (κ2) is 8.73. The number of nitrogens with zero attached hydrogens (tertiary/aromatic N) is 1. The first-order valence-corrected chi connectivity index (χ1v) is 8.24. The number of anilines is 2. The molecule has 0 aromatic heterocycles. The van der Waals surface area contributed by atoms with E-state index in [4.69, 9.17) is 0 Å². The van der Waals surface area contributed by atoms with Gasteiger partial charge in [-0.25, -0.2) is 0 Å². The van der Waals surface area contributed by atoms with E-state index in [1.165, 1.54) is 22.1 Å². The van der Waals surface area contributed by atoms with Gasteiger partial charge >= 0.3 is 0 Å². The molecule has 0 aliphatic rings. The summed E-state index contributed by atoms with van der Waals surface area (Å²) in [5, 5.41) is 2.52. The quantitative estimate of drug-likeness (QED) is 0.482. The van der Waals surface area contributed by atoms with Crippen molar-refractivity contribution < 1.29 is 0 Å². The van der Waals surface area contributed by atoms with Crippen LogP contribution in [0.25, 0.3) is 10.8 Å². The van der Waals surface area contributed by atoms with Gasteiger partial charge in [-0.3, -0.25) is 0 Å². The predicted octanol–water partition coefficient (Wildman–Crippen LogP) is 6.74. The SMILES string of the molecule is C=CC.C=CC(C)N(c1ccccc1)c1ccc2ccccc2c1. The normalized spacial score (nSPS) is 11.1. The predicted molar refractivity (Wildman–Crippen MR) is 108 cm³/mol. The van der Waals surface area contributed by atoms with Crippen molar-refractivity contribution in [2.24, 2.45) is 0 Å². The molecule has 3 aromatic carbocycles. The standard InChI is InChI=1S/C20H19N.C3H6/c1-3-16(2)21(19-11-5-4-6-12-19)20-14-13-17-9-7-8-10-18(17)15-20;1-3-2/h3-16H,1H2,2H3;3H,1H2,2H3. The van der Waals surface area contributed by atoms with Crippen molar-refractivity contribution in [2.75, 3.05) is 4.90 Å². The summed E-state index contributed by atoms with van der Waals surface area (Å²) in [4.78, 5) is 2.30. The maximum Gasteiger partial charge on any atom is 0.0491 e. The molecule has 0 fully saturated rings. The Morgan fingerprint density at radius 3 is 2.00 bits per heavy atom. The third kappa shape index (κ3) is 4.14. The Morgan fingerprint density at radius 2 is 1.38 bits per heavy atom. The van der Waals surface area contributed by atoms with Crippen LogP contribution >= 0.6 is 0 Å². The molecule has 0 heterocycles. The van der Waals surface area contributed by atoms with Gasteiger partial charge in [-0.15, -0.1) is 13.2 Å². The van der Waals surface area contributed by atoms with Crippen LogP contribution in [-0.4, -0.2) is 6.04 Å². The first-order valence-electron chi connectivity index (χ1n) is 8.24. The molecule has 0 aliphatic carbocycles. The molecule has 0 aliphatic heterocycles. The summed E-state index contributed by atoms with van der Waals surface area (Å²) < 4.78 is 0. The smallest absolute Gasteiger partial charge is 0.0491 e. The fraction of sp³-hybridized carbons (Fsp3) is 0.130. The van der Waals surface area contributed by atoms with Gasteiger partial charge < -0.3 is 4.90 Å². The summed E-state index contributed by atoms with van der Waals surface area (Å²) in [7, 11) is 0. The Kier molecular flexibility index (Phi) is 6.39. The molecule has 1 heteroatoms. The summed E-state index contributed by atoms with van der Waals surface area (Å²) in [6, 6.07) is 25.7. The number of allylic oxidation sites excluding steroid dienone is 1. The van der Waals surface area contributed by atoms with Gasteiger partial charge in [-0.1, -0.05) is 60.7 Å². The minimum atomic E-state index is 0.230. The Morgan fingerprint density at radius 1 is 0.792 bits per heavy atom. The van der Waals surface area contributed by atoms with Crippen molar-refractivity contribution in [3.8, 4) is 0 Å². The lowest BCUT2D eigenvalue weighted by molar-refractivity contribution is 0.867. The summed E-state index contributed by atoms with van der Waals surface area (Å²) in [6.07, 6.45) is 3.72. The van der Waals surface area contributed by atoms with Crippen molar-refractivity contribution in [3.63, 3.8) is 0 Å². The fourth-order valence-corrected chi connectivity index (χ4v) is 2.64. The van der Waals surface area contributed by atoms with Gasteiger partial charge in [-0.05, 0) is 48.9 Å². The van der Waals surface area contributed by atoms with Crippen LogP contribution in [0.15, 0.2) is 98.1 Å². The van der Waals surface area contributed by atoms with Gasteiger partial charge in [0.05, 0.1) is 0 Å². The molecule has 0 spiro atoms. The first-order chi connectivity index (χ1) is 11.7. The highest BCUT2D eigenvalue weighted by atomic mass is 15.2. The average Bonchev–Trinajstić information content (AvgIpc) is 2.63. The highest BCUT2D eigenvalue weighted by Gasteiger charge is 2.14. The minimum absolute atomic E-state index is 0.230. The third-order valence-electron chi connectivity index (χ3n) is 3.79. The van der Waals surface area contributed by atoms with E-state index >= 15 is 0 Å². The van der Waals surface area contributed by atoms with Crippen LogP contribution in [0.5, 0.6) is 0 Å². The Bertz CT molecular complexity index is 789. The molecule has 0 saturated carbocycles. The molecule has 1 unspecified atom stereocenters. The van der Waals surface area contributed by atoms with Gasteiger partial charge in [0.15, 0.2) is 0 Å². The second-order valence-corrected chi connectivity index (χ2v) is 5.62. The summed E-state index contributed by atoms with van der Waals surface area (Å²) in [5.74, 6) is 0. The maximum absolute atomic E-state index is 3.95. The zero-order valence-electron chi connectivity index (χ0n) is 14.5. The number of para-hydroxylation sites is 1. The van der Waals surface area contributed by atoms with Gasteiger partial charge in [-0.2, -0.15) is 0 Å². The van der Waals surface area contributed by atoms with E-state index in [0.29, 0.717) is 0 Å². The van der Waals surface area contributed by atoms with E-state index in [2.05, 4.69) is 91.7 Å². The molecule has 1 nitrogen and oxygen atoms in total. The van der Waals surface area contributed by atoms with Crippen molar-refractivity contribution >= 4 is 22.1 Å². The Hall–Kier alpha value is -2.80. The van der Waals surface area contributed by atoms with Gasteiger partial charge in [0, 0.05) is 17.4 Å². The summed E-state index contributed by atoms with van der Waals surface area (Å²) >= 11 is 0. The molecule has 1 atom stereocenters. The molecule has 0 N–H and O–H groups in total. The lowest BCUT2D eigenvalue weighted by Crippen LogP contribution is -2.26. The van der Waals surface area contributed by atoms with E-state index in [9.17, 15) is 0 Å². The zero-order valence-corrected chi connectivity index (χ0v) is 14.5. The molecule has 0 bridgehead atoms. The van der Waals surface area contributed by atoms with E-state index in [-0.39, 0.29) is 6.04 Å². The van der Waals surface area contributed by atoms with Gasteiger partial charge in [0.1, 0.15) is 0 Å². The monoisotopic (exact) mass is 315 g/mol. The molecular weight excluding hydrogens is 290 g/mol. The summed E-state index contributed by atoms with van der Waals surface area (Å²) in [6.45, 7) is 11.4. The highest BCUT2D eigenvalue weighted by molar-refractivity contribution is 5.87. The summed E-state index contributed by atoms with van der Waals surface area (Å²) in [5.41, 5.74) is 2.37. The highest BCUT2D eigenvalue weighted by Crippen LogP contribution is 2.30. The molecule has 0 saturated heterocycles. The van der Waals surface area contributed by atoms with Crippen molar-refractivity contribution in [2.45, 2.75) is 19.9 Å². The van der Waals surface area contributed by atoms with Crippen LogP contribution in [0, 0.1) is 0 Å². The van der Waals surface area contributed by atoms with E-state index < -0.39 is 0 Å². The van der Waals surface area contributed by atoms with Crippen LogP contribution < -0.4 is 4.90 Å². The van der Waals surface area contributed by atoms with Crippen molar-refractivity contribution in [1.29, 1.82) is 0 Å². The Labute approximate surface area is 145 Å². The number of fused-ring (bicyclic) bond motifs is 1. The van der Waals surface area contributed by atoms with Crippen molar-refractivity contribution in [1.82, 2.24) is 0 Å².